The van der Waals surface area contributed by atoms with Crippen molar-refractivity contribution in [3.05, 3.63) is 60.2 Å². The Morgan fingerprint density at radius 3 is 2.41 bits per heavy atom. The lowest BCUT2D eigenvalue weighted by atomic mass is 10.1. The Kier molecular flexibility index (Phi) is 4.71. The summed E-state index contributed by atoms with van der Waals surface area (Å²) in [5.74, 6) is 0.969. The SMILES string of the molecule is [N]c1ccccc1N=C(Cc1ccccc1)N1CCOCC1. The van der Waals surface area contributed by atoms with Gasteiger partial charge in [0.25, 0.3) is 0 Å². The highest BCUT2D eigenvalue weighted by atomic mass is 16.5. The Morgan fingerprint density at radius 1 is 1.00 bits per heavy atom. The van der Waals surface area contributed by atoms with Gasteiger partial charge in [0.2, 0.25) is 0 Å². The molecule has 1 aliphatic heterocycles. The number of ether oxygens (including phenoxy) is 1. The number of morpholine rings is 1. The minimum atomic E-state index is 0.210. The molecule has 0 spiro atoms. The summed E-state index contributed by atoms with van der Waals surface area (Å²) < 4.78 is 5.43. The van der Waals surface area contributed by atoms with Crippen molar-refractivity contribution in [2.45, 2.75) is 6.42 Å². The van der Waals surface area contributed by atoms with E-state index in [9.17, 15) is 5.73 Å². The smallest absolute Gasteiger partial charge is 0.111 e. The molecule has 3 rings (SSSR count). The van der Waals surface area contributed by atoms with Gasteiger partial charge in [-0.15, -0.1) is 5.73 Å². The molecule has 2 aromatic rings. The molecule has 22 heavy (non-hydrogen) atoms. The molecular weight excluding hydrogens is 274 g/mol. The zero-order valence-corrected chi connectivity index (χ0v) is 12.5. The van der Waals surface area contributed by atoms with Crippen LogP contribution < -0.4 is 5.73 Å². The van der Waals surface area contributed by atoms with E-state index < -0.39 is 0 Å². The van der Waals surface area contributed by atoms with Crippen LogP contribution in [0.5, 0.6) is 0 Å². The molecule has 0 aromatic heterocycles. The molecule has 0 unspecified atom stereocenters. The molecule has 4 heteroatoms. The Morgan fingerprint density at radius 2 is 1.68 bits per heavy atom. The molecule has 1 fully saturated rings. The predicted octanol–water partition coefficient (Wildman–Crippen LogP) is 2.99. The first-order valence-electron chi connectivity index (χ1n) is 7.55. The normalized spacial score (nSPS) is 15.8. The summed E-state index contributed by atoms with van der Waals surface area (Å²) in [5.41, 5.74) is 12.0. The summed E-state index contributed by atoms with van der Waals surface area (Å²) in [6, 6.07) is 17.5. The Labute approximate surface area is 131 Å². The van der Waals surface area contributed by atoms with Gasteiger partial charge in [0.15, 0.2) is 0 Å². The van der Waals surface area contributed by atoms with Gasteiger partial charge in [-0.25, -0.2) is 4.99 Å². The molecule has 1 heterocycles. The largest absolute Gasteiger partial charge is 0.378 e. The van der Waals surface area contributed by atoms with Crippen molar-refractivity contribution >= 4 is 17.2 Å². The van der Waals surface area contributed by atoms with Gasteiger partial charge in [0, 0.05) is 19.5 Å². The molecule has 2 radical (unpaired) electrons. The highest BCUT2D eigenvalue weighted by molar-refractivity contribution is 5.88. The first-order valence-corrected chi connectivity index (χ1v) is 7.55. The van der Waals surface area contributed by atoms with Crippen LogP contribution in [0.1, 0.15) is 5.56 Å². The maximum absolute atomic E-state index is 9.97. The van der Waals surface area contributed by atoms with E-state index in [0.717, 1.165) is 25.3 Å². The van der Waals surface area contributed by atoms with E-state index in [1.165, 1.54) is 5.56 Å². The molecule has 2 aromatic carbocycles. The fraction of sp³-hybridized carbons (Fsp3) is 0.278. The van der Waals surface area contributed by atoms with Gasteiger partial charge in [-0.1, -0.05) is 42.5 Å². The molecule has 0 aliphatic carbocycles. The highest BCUT2D eigenvalue weighted by Crippen LogP contribution is 2.23. The average molecular weight is 293 g/mol. The van der Waals surface area contributed by atoms with Gasteiger partial charge in [-0.05, 0) is 17.7 Å². The molecule has 0 atom stereocenters. The second kappa shape index (κ2) is 7.09. The summed E-state index contributed by atoms with van der Waals surface area (Å²) in [5, 5.41) is 0. The van der Waals surface area contributed by atoms with Crippen molar-refractivity contribution in [2.75, 3.05) is 26.3 Å². The van der Waals surface area contributed by atoms with E-state index in [0.29, 0.717) is 18.9 Å². The number of benzene rings is 2. The summed E-state index contributed by atoms with van der Waals surface area (Å²) in [4.78, 5) is 6.95. The Bertz CT molecular complexity index is 634. The van der Waals surface area contributed by atoms with Crippen LogP contribution in [0.25, 0.3) is 0 Å². The first kappa shape index (κ1) is 14.6. The minimum absolute atomic E-state index is 0.210. The number of amidine groups is 1. The van der Waals surface area contributed by atoms with Crippen LogP contribution in [0.3, 0.4) is 0 Å². The lowest BCUT2D eigenvalue weighted by molar-refractivity contribution is 0.0674. The van der Waals surface area contributed by atoms with Gasteiger partial charge in [0.05, 0.1) is 18.9 Å². The number of para-hydroxylation sites is 1. The van der Waals surface area contributed by atoms with Crippen LogP contribution in [0.2, 0.25) is 0 Å². The maximum atomic E-state index is 9.97. The van der Waals surface area contributed by atoms with E-state index in [1.807, 2.05) is 30.3 Å². The quantitative estimate of drug-likeness (QED) is 0.645. The van der Waals surface area contributed by atoms with Gasteiger partial charge in [-0.2, -0.15) is 0 Å². The molecule has 0 saturated carbocycles. The summed E-state index contributed by atoms with van der Waals surface area (Å²) in [7, 11) is 0. The van der Waals surface area contributed by atoms with Crippen molar-refractivity contribution in [1.82, 2.24) is 10.6 Å². The summed E-state index contributed by atoms with van der Waals surface area (Å²) >= 11 is 0. The Balaban J connectivity index is 1.90. The van der Waals surface area contributed by atoms with Crippen LogP contribution in [0.15, 0.2) is 59.6 Å². The van der Waals surface area contributed by atoms with Crippen LogP contribution in [-0.4, -0.2) is 37.0 Å². The third-order valence-electron chi connectivity index (χ3n) is 3.71. The number of nitrogens with zero attached hydrogens (tertiary/aromatic N) is 3. The minimum Gasteiger partial charge on any atom is -0.378 e. The van der Waals surface area contributed by atoms with Gasteiger partial charge in [-0.3, -0.25) is 0 Å². The standard InChI is InChI=1S/C18H19N3O/c19-16-8-4-5-9-17(16)20-18(21-10-12-22-13-11-21)14-15-6-2-1-3-7-15/h1-9H,10-14H2. The van der Waals surface area contributed by atoms with Crippen molar-refractivity contribution < 1.29 is 4.74 Å². The van der Waals surface area contributed by atoms with E-state index >= 15 is 0 Å². The second-order valence-corrected chi connectivity index (χ2v) is 5.28. The average Bonchev–Trinajstić information content (AvgIpc) is 2.58. The van der Waals surface area contributed by atoms with Gasteiger partial charge < -0.3 is 9.64 Å². The number of aliphatic imine (C=N–C) groups is 1. The molecule has 0 bridgehead atoms. The number of rotatable bonds is 3. The zero-order chi connectivity index (χ0) is 15.2. The third kappa shape index (κ3) is 3.65. The van der Waals surface area contributed by atoms with Crippen LogP contribution in [-0.2, 0) is 11.2 Å². The zero-order valence-electron chi connectivity index (χ0n) is 12.5. The van der Waals surface area contributed by atoms with Crippen LogP contribution in [0, 0.1) is 0 Å². The van der Waals surface area contributed by atoms with Crippen molar-refractivity contribution in [1.29, 1.82) is 0 Å². The molecule has 0 N–H and O–H groups in total. The monoisotopic (exact) mass is 293 g/mol. The van der Waals surface area contributed by atoms with E-state index in [1.54, 1.807) is 12.1 Å². The molecule has 112 valence electrons. The fourth-order valence-electron chi connectivity index (χ4n) is 2.52. The maximum Gasteiger partial charge on any atom is 0.111 e. The molecule has 0 amide bonds. The van der Waals surface area contributed by atoms with Gasteiger partial charge in [0.1, 0.15) is 11.5 Å². The van der Waals surface area contributed by atoms with Crippen LogP contribution >= 0.6 is 0 Å². The number of hydrogen-bond donors (Lipinski definition) is 0. The first-order chi connectivity index (χ1) is 10.8. The van der Waals surface area contributed by atoms with Crippen molar-refractivity contribution in [3.8, 4) is 0 Å². The summed E-state index contributed by atoms with van der Waals surface area (Å²) in [6.07, 6.45) is 0.745. The van der Waals surface area contributed by atoms with Crippen molar-refractivity contribution in [3.63, 3.8) is 0 Å². The molecular formula is C18H19N3O. The molecule has 4 nitrogen and oxygen atoms in total. The lowest BCUT2D eigenvalue weighted by Gasteiger charge is -2.30. The molecule has 1 aliphatic rings. The highest BCUT2D eigenvalue weighted by Gasteiger charge is 2.16. The van der Waals surface area contributed by atoms with E-state index in [4.69, 9.17) is 9.73 Å². The van der Waals surface area contributed by atoms with Crippen LogP contribution in [0.4, 0.5) is 11.4 Å². The fourth-order valence-corrected chi connectivity index (χ4v) is 2.52. The summed E-state index contributed by atoms with van der Waals surface area (Å²) in [6.45, 7) is 3.10. The number of hydrogen-bond acceptors (Lipinski definition) is 2. The Hall–Kier alpha value is -2.33. The van der Waals surface area contributed by atoms with E-state index in [-0.39, 0.29) is 5.69 Å². The van der Waals surface area contributed by atoms with Gasteiger partial charge >= 0.3 is 0 Å². The predicted molar refractivity (Wildman–Crippen MR) is 87.9 cm³/mol. The lowest BCUT2D eigenvalue weighted by Crippen LogP contribution is -2.41. The second-order valence-electron chi connectivity index (χ2n) is 5.28. The topological polar surface area (TPSA) is 47.1 Å². The third-order valence-corrected chi connectivity index (χ3v) is 3.71. The van der Waals surface area contributed by atoms with Crippen molar-refractivity contribution in [2.24, 2.45) is 4.99 Å². The molecule has 1 saturated heterocycles. The van der Waals surface area contributed by atoms with E-state index in [2.05, 4.69) is 17.0 Å².